The number of urea groups is 1. The second-order valence-electron chi connectivity index (χ2n) is 6.91. The van der Waals surface area contributed by atoms with Gasteiger partial charge in [0.15, 0.2) is 5.11 Å². The maximum absolute atomic E-state index is 12.9. The summed E-state index contributed by atoms with van der Waals surface area (Å²) in [7, 11) is 1.55. The predicted octanol–water partition coefficient (Wildman–Crippen LogP) is -1.24. The molecule has 1 aromatic carbocycles. The first kappa shape index (κ1) is 20.3. The van der Waals surface area contributed by atoms with Gasteiger partial charge in [-0.2, -0.15) is 5.01 Å². The highest BCUT2D eigenvalue weighted by atomic mass is 32.1. The van der Waals surface area contributed by atoms with Crippen LogP contribution in [0, 0.1) is 0 Å². The van der Waals surface area contributed by atoms with Crippen molar-refractivity contribution in [3.8, 4) is 5.75 Å². The zero-order valence-corrected chi connectivity index (χ0v) is 16.9. The zero-order valence-electron chi connectivity index (χ0n) is 16.0. The Hall–Kier alpha value is -2.43. The van der Waals surface area contributed by atoms with Crippen molar-refractivity contribution in [3.05, 3.63) is 29.8 Å². The van der Waals surface area contributed by atoms with Crippen LogP contribution >= 0.6 is 12.2 Å². The number of hydrogen-bond acceptors (Lipinski definition) is 5. The molecular formula is C18H26N5O4S+. The van der Waals surface area contributed by atoms with Gasteiger partial charge < -0.3 is 25.0 Å². The number of nitrogens with zero attached hydrogens (tertiary/aromatic N) is 1. The molecule has 28 heavy (non-hydrogen) atoms. The summed E-state index contributed by atoms with van der Waals surface area (Å²) in [5, 5.41) is 6.91. The zero-order chi connectivity index (χ0) is 20.1. The Morgan fingerprint density at radius 1 is 1.39 bits per heavy atom. The Labute approximate surface area is 169 Å². The Morgan fingerprint density at radius 2 is 2.14 bits per heavy atom. The van der Waals surface area contributed by atoms with E-state index in [1.807, 2.05) is 0 Å². The molecule has 2 aliphatic rings. The van der Waals surface area contributed by atoms with Crippen molar-refractivity contribution < 1.29 is 24.0 Å². The number of ether oxygens (including phenoxy) is 2. The normalized spacial score (nSPS) is 22.7. The Morgan fingerprint density at radius 3 is 2.86 bits per heavy atom. The molecule has 0 radical (unpaired) electrons. The number of hydrogen-bond donors (Lipinski definition) is 4. The maximum Gasteiger partial charge on any atom is 0.344 e. The molecule has 2 saturated heterocycles. The molecule has 0 unspecified atom stereocenters. The topological polar surface area (TPSA) is 96.4 Å². The molecule has 3 rings (SSSR count). The number of amides is 3. The van der Waals surface area contributed by atoms with Gasteiger partial charge in [0, 0.05) is 0 Å². The number of hydrazine groups is 1. The number of imide groups is 1. The second kappa shape index (κ2) is 8.72. The molecular weight excluding hydrogens is 382 g/mol. The van der Waals surface area contributed by atoms with Gasteiger partial charge in [-0.1, -0.05) is 12.1 Å². The number of carbonyl (C=O) groups is 2. The van der Waals surface area contributed by atoms with Crippen LogP contribution in [-0.2, 0) is 15.1 Å². The molecule has 0 saturated carbocycles. The quantitative estimate of drug-likeness (QED) is 0.345. The number of carbonyl (C=O) groups excluding carboxylic acids is 2. The second-order valence-corrected chi connectivity index (χ2v) is 7.32. The van der Waals surface area contributed by atoms with Crippen LogP contribution in [0.4, 0.5) is 4.79 Å². The fourth-order valence-electron chi connectivity index (χ4n) is 3.27. The Kier molecular flexibility index (Phi) is 6.32. The molecule has 2 heterocycles. The summed E-state index contributed by atoms with van der Waals surface area (Å²) in [5.41, 5.74) is 2.12. The lowest BCUT2D eigenvalue weighted by Gasteiger charge is -2.25. The van der Waals surface area contributed by atoms with Crippen LogP contribution in [-0.4, -0.2) is 68.6 Å². The Bertz CT molecular complexity index is 755. The summed E-state index contributed by atoms with van der Waals surface area (Å²) < 4.78 is 10.5. The van der Waals surface area contributed by atoms with Crippen molar-refractivity contribution in [2.75, 3.05) is 46.5 Å². The van der Waals surface area contributed by atoms with Gasteiger partial charge in [-0.15, -0.1) is 0 Å². The molecule has 0 aliphatic carbocycles. The minimum absolute atomic E-state index is 0.228. The van der Waals surface area contributed by atoms with E-state index < -0.39 is 17.5 Å². The summed E-state index contributed by atoms with van der Waals surface area (Å²) >= 11 is 5.24. The SMILES string of the molecule is COc1cccc([C@]2(C)NC(=O)N(NC(=S)NCC[NH+]3CCOCC3)C2=O)c1. The van der Waals surface area contributed by atoms with Gasteiger partial charge in [-0.05, 0) is 36.8 Å². The van der Waals surface area contributed by atoms with Crippen LogP contribution in [0.1, 0.15) is 12.5 Å². The lowest BCUT2D eigenvalue weighted by atomic mass is 9.92. The van der Waals surface area contributed by atoms with Crippen LogP contribution in [0.3, 0.4) is 0 Å². The van der Waals surface area contributed by atoms with Crippen molar-refractivity contribution in [2.24, 2.45) is 0 Å². The standard InChI is InChI=1S/C18H25N5O4S/c1-18(13-4-3-5-14(12-13)26-2)15(24)23(17(25)20-18)21-16(28)19-6-7-22-8-10-27-11-9-22/h3-5,12H,6-11H2,1-2H3,(H,20,25)(H2,19,21,28)/p+1/t18-/m0/s1. The van der Waals surface area contributed by atoms with Crippen LogP contribution in [0.25, 0.3) is 0 Å². The number of rotatable bonds is 6. The van der Waals surface area contributed by atoms with Crippen LogP contribution in [0.2, 0.25) is 0 Å². The molecule has 2 fully saturated rings. The van der Waals surface area contributed by atoms with E-state index >= 15 is 0 Å². The van der Waals surface area contributed by atoms with Gasteiger partial charge in [0.25, 0.3) is 5.91 Å². The summed E-state index contributed by atoms with van der Waals surface area (Å²) in [6.45, 7) is 6.64. The van der Waals surface area contributed by atoms with E-state index in [4.69, 9.17) is 21.7 Å². The number of benzene rings is 1. The van der Waals surface area contributed by atoms with Gasteiger partial charge >= 0.3 is 6.03 Å². The largest absolute Gasteiger partial charge is 0.497 e. The van der Waals surface area contributed by atoms with Gasteiger partial charge in [0.05, 0.1) is 33.4 Å². The van der Waals surface area contributed by atoms with Crippen molar-refractivity contribution in [1.29, 1.82) is 0 Å². The minimum Gasteiger partial charge on any atom is -0.497 e. The molecule has 0 aromatic heterocycles. The first-order valence-electron chi connectivity index (χ1n) is 9.21. The first-order valence-corrected chi connectivity index (χ1v) is 9.62. The maximum atomic E-state index is 12.9. The van der Waals surface area contributed by atoms with E-state index in [0.717, 1.165) is 37.9 Å². The van der Waals surface area contributed by atoms with Gasteiger partial charge in [0.2, 0.25) is 0 Å². The summed E-state index contributed by atoms with van der Waals surface area (Å²) in [5.74, 6) is 0.170. The molecule has 10 heteroatoms. The molecule has 0 bridgehead atoms. The molecule has 2 aliphatic heterocycles. The number of morpholine rings is 1. The van der Waals surface area contributed by atoms with Crippen LogP contribution in [0.15, 0.2) is 24.3 Å². The third kappa shape index (κ3) is 4.34. The molecule has 3 amide bonds. The average molecular weight is 409 g/mol. The monoisotopic (exact) mass is 408 g/mol. The lowest BCUT2D eigenvalue weighted by molar-refractivity contribution is -0.906. The van der Waals surface area contributed by atoms with Crippen LogP contribution in [0.5, 0.6) is 5.75 Å². The number of methoxy groups -OCH3 is 1. The molecule has 152 valence electrons. The van der Waals surface area contributed by atoms with Gasteiger partial charge in [-0.3, -0.25) is 10.2 Å². The average Bonchev–Trinajstić information content (AvgIpc) is 2.93. The minimum atomic E-state index is -1.20. The van der Waals surface area contributed by atoms with E-state index in [1.54, 1.807) is 38.3 Å². The van der Waals surface area contributed by atoms with Crippen molar-refractivity contribution in [1.82, 2.24) is 21.1 Å². The highest BCUT2D eigenvalue weighted by Gasteiger charge is 2.50. The molecule has 0 spiro atoms. The number of quaternary nitrogens is 1. The highest BCUT2D eigenvalue weighted by Crippen LogP contribution is 2.30. The summed E-state index contributed by atoms with van der Waals surface area (Å²) in [6.07, 6.45) is 0. The van der Waals surface area contributed by atoms with Gasteiger partial charge in [0.1, 0.15) is 24.4 Å². The molecule has 1 atom stereocenters. The fourth-order valence-corrected chi connectivity index (χ4v) is 3.47. The van der Waals surface area contributed by atoms with Crippen molar-refractivity contribution in [2.45, 2.75) is 12.5 Å². The van der Waals surface area contributed by atoms with E-state index in [1.165, 1.54) is 4.90 Å². The summed E-state index contributed by atoms with van der Waals surface area (Å²) in [4.78, 5) is 26.7. The third-order valence-electron chi connectivity index (χ3n) is 5.02. The van der Waals surface area contributed by atoms with Crippen molar-refractivity contribution in [3.63, 3.8) is 0 Å². The highest BCUT2D eigenvalue weighted by molar-refractivity contribution is 7.80. The molecule has 4 N–H and O–H groups in total. The van der Waals surface area contributed by atoms with E-state index in [-0.39, 0.29) is 5.11 Å². The third-order valence-corrected chi connectivity index (χ3v) is 5.25. The first-order chi connectivity index (χ1) is 13.4. The summed E-state index contributed by atoms with van der Waals surface area (Å²) in [6, 6.07) is 6.49. The number of thiocarbonyl (C=S) groups is 1. The van der Waals surface area contributed by atoms with Crippen molar-refractivity contribution >= 4 is 29.3 Å². The molecule has 9 nitrogen and oxygen atoms in total. The molecule has 1 aromatic rings. The predicted molar refractivity (Wildman–Crippen MR) is 106 cm³/mol. The lowest BCUT2D eigenvalue weighted by Crippen LogP contribution is -3.14. The van der Waals surface area contributed by atoms with Crippen LogP contribution < -0.4 is 25.7 Å². The van der Waals surface area contributed by atoms with Gasteiger partial charge in [-0.25, -0.2) is 4.79 Å². The van der Waals surface area contributed by atoms with E-state index in [9.17, 15) is 9.59 Å². The van der Waals surface area contributed by atoms with E-state index in [0.29, 0.717) is 17.9 Å². The fraction of sp³-hybridized carbons (Fsp3) is 0.500. The smallest absolute Gasteiger partial charge is 0.344 e. The Balaban J connectivity index is 1.57. The van der Waals surface area contributed by atoms with E-state index in [2.05, 4.69) is 16.1 Å². The number of nitrogens with one attached hydrogen (secondary N) is 4.